The second kappa shape index (κ2) is 8.81. The second-order valence-electron chi connectivity index (χ2n) is 6.38. The summed E-state index contributed by atoms with van der Waals surface area (Å²) >= 11 is 1.40. The van der Waals surface area contributed by atoms with E-state index in [9.17, 15) is 14.4 Å². The topological polar surface area (TPSA) is 69.7 Å². The number of hydrogen-bond donors (Lipinski definition) is 1. The van der Waals surface area contributed by atoms with Crippen molar-refractivity contribution in [2.24, 2.45) is 0 Å². The van der Waals surface area contributed by atoms with Gasteiger partial charge in [0.1, 0.15) is 0 Å². The molecule has 1 aliphatic rings. The van der Waals surface area contributed by atoms with Crippen LogP contribution in [0.15, 0.2) is 41.8 Å². The molecule has 1 N–H and O–H groups in total. The Kier molecular flexibility index (Phi) is 6.24. The van der Waals surface area contributed by atoms with Gasteiger partial charge in [-0.3, -0.25) is 14.4 Å². The molecule has 0 aliphatic carbocycles. The highest BCUT2D eigenvalue weighted by molar-refractivity contribution is 7.12. The summed E-state index contributed by atoms with van der Waals surface area (Å²) in [5.41, 5.74) is 1.56. The first-order valence-corrected chi connectivity index (χ1v) is 9.94. The lowest BCUT2D eigenvalue weighted by atomic mass is 10.1. The molecule has 1 aromatic carbocycles. The number of rotatable bonds is 5. The van der Waals surface area contributed by atoms with Crippen LogP contribution in [0.4, 0.5) is 0 Å². The van der Waals surface area contributed by atoms with Crippen LogP contribution in [-0.4, -0.2) is 53.7 Å². The predicted octanol–water partition coefficient (Wildman–Crippen LogP) is 2.37. The van der Waals surface area contributed by atoms with Gasteiger partial charge in [0.15, 0.2) is 0 Å². The van der Waals surface area contributed by atoms with E-state index in [2.05, 4.69) is 5.32 Å². The summed E-state index contributed by atoms with van der Waals surface area (Å²) in [6.07, 6.45) is 0.498. The van der Waals surface area contributed by atoms with Gasteiger partial charge in [0.05, 0.1) is 4.88 Å². The van der Waals surface area contributed by atoms with Gasteiger partial charge in [0.25, 0.3) is 11.8 Å². The van der Waals surface area contributed by atoms with Crippen LogP contribution in [0.25, 0.3) is 0 Å². The molecule has 0 saturated carbocycles. The van der Waals surface area contributed by atoms with Crippen molar-refractivity contribution >= 4 is 29.1 Å². The minimum Gasteiger partial charge on any atom is -0.347 e. The molecule has 3 amide bonds. The molecule has 1 fully saturated rings. The van der Waals surface area contributed by atoms with Crippen molar-refractivity contribution in [3.63, 3.8) is 0 Å². The molecule has 0 bridgehead atoms. The van der Waals surface area contributed by atoms with Crippen molar-refractivity contribution in [2.45, 2.75) is 19.9 Å². The van der Waals surface area contributed by atoms with Crippen LogP contribution in [-0.2, 0) is 11.3 Å². The highest BCUT2D eigenvalue weighted by Gasteiger charge is 2.24. The van der Waals surface area contributed by atoms with E-state index < -0.39 is 0 Å². The lowest BCUT2D eigenvalue weighted by Gasteiger charge is -2.34. The molecule has 0 unspecified atom stereocenters. The van der Waals surface area contributed by atoms with Crippen molar-refractivity contribution in [3.05, 3.63) is 57.8 Å². The summed E-state index contributed by atoms with van der Waals surface area (Å²) in [4.78, 5) is 40.6. The maximum Gasteiger partial charge on any atom is 0.261 e. The van der Waals surface area contributed by atoms with Crippen molar-refractivity contribution in [3.8, 4) is 0 Å². The molecule has 3 rings (SSSR count). The van der Waals surface area contributed by atoms with E-state index in [0.717, 1.165) is 5.56 Å². The molecule has 6 nitrogen and oxygen atoms in total. The number of benzene rings is 1. The third kappa shape index (κ3) is 4.74. The third-order valence-electron chi connectivity index (χ3n) is 4.62. The third-order valence-corrected chi connectivity index (χ3v) is 5.49. The smallest absolute Gasteiger partial charge is 0.261 e. The van der Waals surface area contributed by atoms with Gasteiger partial charge in [-0.25, -0.2) is 0 Å². The number of thiophene rings is 1. The largest absolute Gasteiger partial charge is 0.347 e. The zero-order chi connectivity index (χ0) is 19.2. The monoisotopic (exact) mass is 385 g/mol. The van der Waals surface area contributed by atoms with E-state index in [0.29, 0.717) is 49.6 Å². The highest BCUT2D eigenvalue weighted by Crippen LogP contribution is 2.12. The first-order valence-electron chi connectivity index (χ1n) is 9.06. The summed E-state index contributed by atoms with van der Waals surface area (Å²) in [5, 5.41) is 4.74. The average molecular weight is 385 g/mol. The normalized spacial score (nSPS) is 14.1. The van der Waals surface area contributed by atoms with Gasteiger partial charge in [0.2, 0.25) is 5.91 Å². The summed E-state index contributed by atoms with van der Waals surface area (Å²) < 4.78 is 0. The minimum atomic E-state index is -0.0929. The molecule has 2 aromatic rings. The Bertz CT molecular complexity index is 794. The molecule has 142 valence electrons. The Morgan fingerprint density at radius 3 is 2.26 bits per heavy atom. The first kappa shape index (κ1) is 19.1. The molecule has 1 aliphatic heterocycles. The molecule has 0 spiro atoms. The van der Waals surface area contributed by atoms with Crippen molar-refractivity contribution in [1.82, 2.24) is 15.1 Å². The van der Waals surface area contributed by atoms with Gasteiger partial charge < -0.3 is 15.1 Å². The Morgan fingerprint density at radius 1 is 1.00 bits per heavy atom. The van der Waals surface area contributed by atoms with Crippen LogP contribution in [0.1, 0.15) is 38.9 Å². The Labute approximate surface area is 162 Å². The molecular formula is C20H23N3O3S. The molecule has 2 heterocycles. The van der Waals surface area contributed by atoms with Crippen LogP contribution in [0, 0.1) is 0 Å². The van der Waals surface area contributed by atoms with E-state index >= 15 is 0 Å². The molecule has 7 heteroatoms. The number of carbonyl (C=O) groups excluding carboxylic acids is 3. The Hall–Kier alpha value is -2.67. The van der Waals surface area contributed by atoms with Crippen molar-refractivity contribution < 1.29 is 14.4 Å². The van der Waals surface area contributed by atoms with Crippen molar-refractivity contribution in [1.29, 1.82) is 0 Å². The number of amides is 3. The molecular weight excluding hydrogens is 362 g/mol. The van der Waals surface area contributed by atoms with Crippen LogP contribution in [0.5, 0.6) is 0 Å². The van der Waals surface area contributed by atoms with Gasteiger partial charge in [-0.2, -0.15) is 0 Å². The Balaban J connectivity index is 1.52. The highest BCUT2D eigenvalue weighted by atomic mass is 32.1. The fraction of sp³-hybridized carbons (Fsp3) is 0.350. The minimum absolute atomic E-state index is 0.0206. The van der Waals surface area contributed by atoms with E-state index in [1.807, 2.05) is 35.4 Å². The van der Waals surface area contributed by atoms with Gasteiger partial charge >= 0.3 is 0 Å². The summed E-state index contributed by atoms with van der Waals surface area (Å²) in [7, 11) is 0. The van der Waals surface area contributed by atoms with Gasteiger partial charge in [0, 0.05) is 44.7 Å². The number of piperazine rings is 1. The SMILES string of the molecule is CCC(=O)N1CCN(C(=O)c2ccc(CNC(=O)c3cccs3)cc2)CC1. The molecule has 1 saturated heterocycles. The lowest BCUT2D eigenvalue weighted by molar-refractivity contribution is -0.132. The zero-order valence-corrected chi connectivity index (χ0v) is 16.1. The van der Waals surface area contributed by atoms with E-state index in [1.54, 1.807) is 23.1 Å². The second-order valence-corrected chi connectivity index (χ2v) is 7.33. The molecule has 0 atom stereocenters. The summed E-state index contributed by atoms with van der Waals surface area (Å²) in [5.74, 6) is 0.0217. The number of carbonyl (C=O) groups is 3. The van der Waals surface area contributed by atoms with E-state index in [-0.39, 0.29) is 17.7 Å². The standard InChI is InChI=1S/C20H23N3O3S/c1-2-18(24)22-9-11-23(12-10-22)20(26)16-7-5-15(6-8-16)14-21-19(25)17-4-3-13-27-17/h3-8,13H,2,9-12,14H2,1H3,(H,21,25). The fourth-order valence-corrected chi connectivity index (χ4v) is 3.65. The van der Waals surface area contributed by atoms with E-state index in [4.69, 9.17) is 0 Å². The maximum atomic E-state index is 12.6. The van der Waals surface area contributed by atoms with Crippen LogP contribution < -0.4 is 5.32 Å². The van der Waals surface area contributed by atoms with Crippen LogP contribution in [0.2, 0.25) is 0 Å². The average Bonchev–Trinajstić information content (AvgIpc) is 3.26. The molecule has 27 heavy (non-hydrogen) atoms. The number of nitrogens with zero attached hydrogens (tertiary/aromatic N) is 2. The quantitative estimate of drug-likeness (QED) is 0.859. The molecule has 0 radical (unpaired) electrons. The first-order chi connectivity index (χ1) is 13.1. The lowest BCUT2D eigenvalue weighted by Crippen LogP contribution is -2.50. The van der Waals surface area contributed by atoms with E-state index in [1.165, 1.54) is 11.3 Å². The number of hydrogen-bond acceptors (Lipinski definition) is 4. The molecule has 1 aromatic heterocycles. The summed E-state index contributed by atoms with van der Waals surface area (Å²) in [6, 6.07) is 10.9. The predicted molar refractivity (Wildman–Crippen MR) is 105 cm³/mol. The summed E-state index contributed by atoms with van der Waals surface area (Å²) in [6.45, 7) is 4.57. The van der Waals surface area contributed by atoms with Crippen LogP contribution in [0.3, 0.4) is 0 Å². The number of nitrogens with one attached hydrogen (secondary N) is 1. The van der Waals surface area contributed by atoms with Crippen LogP contribution >= 0.6 is 11.3 Å². The zero-order valence-electron chi connectivity index (χ0n) is 15.3. The maximum absolute atomic E-state index is 12.6. The fourth-order valence-electron chi connectivity index (χ4n) is 3.01. The van der Waals surface area contributed by atoms with Gasteiger partial charge in [-0.15, -0.1) is 11.3 Å². The van der Waals surface area contributed by atoms with Gasteiger partial charge in [-0.1, -0.05) is 25.1 Å². The van der Waals surface area contributed by atoms with Gasteiger partial charge in [-0.05, 0) is 29.1 Å². The Morgan fingerprint density at radius 2 is 1.67 bits per heavy atom. The van der Waals surface area contributed by atoms with Crippen molar-refractivity contribution in [2.75, 3.05) is 26.2 Å².